The van der Waals surface area contributed by atoms with Gasteiger partial charge in [0.15, 0.2) is 5.96 Å². The minimum Gasteiger partial charge on any atom is -0.370 e. The summed E-state index contributed by atoms with van der Waals surface area (Å²) in [6, 6.07) is 13.7. The average Bonchev–Trinajstić information content (AvgIpc) is 2.89. The Labute approximate surface area is 175 Å². The first-order valence-electron chi connectivity index (χ1n) is 9.95. The summed E-state index contributed by atoms with van der Waals surface area (Å²) in [6.45, 7) is 8.16. The maximum atomic E-state index is 13.9. The number of carbonyl (C=O) groups is 1. The van der Waals surface area contributed by atoms with E-state index < -0.39 is 11.2 Å². The van der Waals surface area contributed by atoms with Crippen LogP contribution in [0.5, 0.6) is 0 Å². The molecule has 0 bridgehead atoms. The highest BCUT2D eigenvalue weighted by atomic mass is 16.2. The molecule has 3 aliphatic heterocycles. The molecule has 0 saturated heterocycles. The summed E-state index contributed by atoms with van der Waals surface area (Å²) in [5, 5.41) is 6.17. The van der Waals surface area contributed by atoms with Crippen LogP contribution in [-0.2, 0) is 10.5 Å². The van der Waals surface area contributed by atoms with Gasteiger partial charge in [0, 0.05) is 16.8 Å². The Hall–Kier alpha value is -3.61. The molecule has 0 unspecified atom stereocenters. The fourth-order valence-corrected chi connectivity index (χ4v) is 4.65. The lowest BCUT2D eigenvalue weighted by atomic mass is 9.88. The first-order valence-corrected chi connectivity index (χ1v) is 9.95. The second kappa shape index (κ2) is 5.95. The molecule has 0 saturated carbocycles. The van der Waals surface area contributed by atoms with Crippen molar-refractivity contribution < 1.29 is 4.79 Å². The van der Waals surface area contributed by atoms with Crippen LogP contribution in [-0.4, -0.2) is 23.4 Å². The molecule has 3 aliphatic rings. The summed E-state index contributed by atoms with van der Waals surface area (Å²) in [7, 11) is 0. The van der Waals surface area contributed by atoms with Gasteiger partial charge in [0.2, 0.25) is 5.96 Å². The number of nitrogens with two attached hydrogens (primary N) is 1. The standard InChI is InChI=1S/C23H24N6O/c1-13-10-16-14(2)12-22(3,4)29-18(16)17(11-13)23(19(29)30)27-20(24)26-21(28-23)25-15-8-6-5-7-9-15/h5-12H,1-4H3,(H4,24,25,26,27,28)/t23-/m0/s1. The molecular weight excluding hydrogens is 376 g/mol. The summed E-state index contributed by atoms with van der Waals surface area (Å²) >= 11 is 0. The van der Waals surface area contributed by atoms with E-state index in [2.05, 4.69) is 34.7 Å². The van der Waals surface area contributed by atoms with Crippen molar-refractivity contribution in [2.45, 2.75) is 38.9 Å². The van der Waals surface area contributed by atoms with Gasteiger partial charge in [0.25, 0.3) is 11.6 Å². The molecule has 3 heterocycles. The molecule has 0 aliphatic carbocycles. The van der Waals surface area contributed by atoms with Gasteiger partial charge in [-0.25, -0.2) is 9.98 Å². The van der Waals surface area contributed by atoms with E-state index in [4.69, 9.17) is 10.7 Å². The van der Waals surface area contributed by atoms with Gasteiger partial charge in [0.05, 0.1) is 11.2 Å². The molecule has 1 amide bonds. The molecule has 0 radical (unpaired) electrons. The summed E-state index contributed by atoms with van der Waals surface area (Å²) in [6.07, 6.45) is 2.12. The van der Waals surface area contributed by atoms with Crippen LogP contribution in [0, 0.1) is 6.92 Å². The van der Waals surface area contributed by atoms with E-state index in [-0.39, 0.29) is 11.9 Å². The smallest absolute Gasteiger partial charge is 0.283 e. The summed E-state index contributed by atoms with van der Waals surface area (Å²) in [4.78, 5) is 25.1. The number of amides is 1. The number of aryl methyl sites for hydroxylation is 1. The number of nitrogens with zero attached hydrogens (tertiary/aromatic N) is 3. The molecule has 0 fully saturated rings. The Morgan fingerprint density at radius 2 is 1.83 bits per heavy atom. The fourth-order valence-electron chi connectivity index (χ4n) is 4.65. The number of guanidine groups is 2. The summed E-state index contributed by atoms with van der Waals surface area (Å²) < 4.78 is 0. The molecule has 152 valence electrons. The Kier molecular flexibility index (Phi) is 3.65. The first-order chi connectivity index (χ1) is 14.2. The molecule has 7 heteroatoms. The predicted octanol–water partition coefficient (Wildman–Crippen LogP) is 3.08. The predicted molar refractivity (Wildman–Crippen MR) is 120 cm³/mol. The van der Waals surface area contributed by atoms with Crippen molar-refractivity contribution in [1.82, 2.24) is 5.32 Å². The lowest BCUT2D eigenvalue weighted by Gasteiger charge is -2.39. The zero-order valence-electron chi connectivity index (χ0n) is 17.4. The van der Waals surface area contributed by atoms with Crippen LogP contribution in [0.4, 0.5) is 11.4 Å². The number of hydrogen-bond donors (Lipinski definition) is 3. The van der Waals surface area contributed by atoms with Crippen LogP contribution in [0.3, 0.4) is 0 Å². The van der Waals surface area contributed by atoms with E-state index in [1.165, 1.54) is 0 Å². The molecule has 30 heavy (non-hydrogen) atoms. The minimum atomic E-state index is -1.45. The van der Waals surface area contributed by atoms with Gasteiger partial charge < -0.3 is 11.1 Å². The SMILES string of the molecule is CC1=CC(C)(C)N2C(=O)[C@]3(N=C(N)NC(Nc4ccccc4)=N3)c3cc(C)cc1c32. The molecule has 7 nitrogen and oxygen atoms in total. The van der Waals surface area contributed by atoms with E-state index in [0.717, 1.165) is 33.6 Å². The van der Waals surface area contributed by atoms with Crippen LogP contribution in [0.2, 0.25) is 0 Å². The monoisotopic (exact) mass is 400 g/mol. The number of nitrogens with one attached hydrogen (secondary N) is 2. The van der Waals surface area contributed by atoms with Gasteiger partial charge >= 0.3 is 0 Å². The zero-order valence-corrected chi connectivity index (χ0v) is 17.4. The number of anilines is 2. The van der Waals surface area contributed by atoms with Crippen molar-refractivity contribution in [2.24, 2.45) is 15.7 Å². The number of benzene rings is 2. The lowest BCUT2D eigenvalue weighted by Crippen LogP contribution is -2.54. The third-order valence-electron chi connectivity index (χ3n) is 5.76. The van der Waals surface area contributed by atoms with Gasteiger partial charge in [-0.2, -0.15) is 0 Å². The number of fused-ring (bicyclic) bond motifs is 1. The maximum Gasteiger partial charge on any atom is 0.283 e. The van der Waals surface area contributed by atoms with E-state index in [1.807, 2.05) is 62.1 Å². The third-order valence-corrected chi connectivity index (χ3v) is 5.76. The van der Waals surface area contributed by atoms with Gasteiger partial charge in [-0.1, -0.05) is 24.3 Å². The number of carbonyl (C=O) groups excluding carboxylic acids is 1. The maximum absolute atomic E-state index is 13.9. The highest BCUT2D eigenvalue weighted by Crippen LogP contribution is 2.53. The second-order valence-electron chi connectivity index (χ2n) is 8.58. The summed E-state index contributed by atoms with van der Waals surface area (Å²) in [5.74, 6) is 0.337. The van der Waals surface area contributed by atoms with Crippen LogP contribution in [0.15, 0.2) is 58.5 Å². The number of allylic oxidation sites excluding steroid dienone is 1. The van der Waals surface area contributed by atoms with Gasteiger partial charge in [-0.15, -0.1) is 0 Å². The number of para-hydroxylation sites is 1. The number of aliphatic imine (C=N–C) groups is 2. The Morgan fingerprint density at radius 1 is 1.10 bits per heavy atom. The van der Waals surface area contributed by atoms with Gasteiger partial charge in [-0.3, -0.25) is 15.0 Å². The second-order valence-corrected chi connectivity index (χ2v) is 8.58. The molecule has 2 aromatic rings. The van der Waals surface area contributed by atoms with Crippen molar-refractivity contribution in [1.29, 1.82) is 0 Å². The van der Waals surface area contributed by atoms with Crippen LogP contribution < -0.4 is 21.3 Å². The molecule has 0 aromatic heterocycles. The zero-order chi connectivity index (χ0) is 21.3. The summed E-state index contributed by atoms with van der Waals surface area (Å²) in [5.41, 5.74) is 9.91. The van der Waals surface area contributed by atoms with E-state index in [0.29, 0.717) is 5.96 Å². The van der Waals surface area contributed by atoms with Crippen molar-refractivity contribution in [3.05, 3.63) is 65.2 Å². The number of rotatable bonds is 1. The highest BCUT2D eigenvalue weighted by molar-refractivity contribution is 6.17. The quantitative estimate of drug-likeness (QED) is 0.686. The molecule has 1 spiro atoms. The average molecular weight is 400 g/mol. The van der Waals surface area contributed by atoms with Gasteiger partial charge in [-0.05, 0) is 63.1 Å². The first kappa shape index (κ1) is 18.4. The molecule has 1 atom stereocenters. The molecular formula is C23H24N6O. The third kappa shape index (κ3) is 2.48. The molecule has 5 rings (SSSR count). The number of hydrogen-bond acceptors (Lipinski definition) is 6. The fraction of sp³-hybridized carbons (Fsp3) is 0.261. The highest BCUT2D eigenvalue weighted by Gasteiger charge is 2.58. The Balaban J connectivity index is 1.73. The lowest BCUT2D eigenvalue weighted by molar-refractivity contribution is -0.123. The van der Waals surface area contributed by atoms with Crippen molar-refractivity contribution in [3.63, 3.8) is 0 Å². The van der Waals surface area contributed by atoms with Crippen molar-refractivity contribution in [2.75, 3.05) is 10.2 Å². The van der Waals surface area contributed by atoms with Gasteiger partial charge in [0.1, 0.15) is 0 Å². The Bertz CT molecular complexity index is 1180. The topological polar surface area (TPSA) is 95.1 Å². The van der Waals surface area contributed by atoms with Crippen LogP contribution in [0.1, 0.15) is 37.5 Å². The van der Waals surface area contributed by atoms with Crippen LogP contribution in [0.25, 0.3) is 5.57 Å². The van der Waals surface area contributed by atoms with E-state index in [1.54, 1.807) is 0 Å². The Morgan fingerprint density at radius 3 is 2.57 bits per heavy atom. The molecule has 2 aromatic carbocycles. The van der Waals surface area contributed by atoms with Crippen LogP contribution >= 0.6 is 0 Å². The molecule has 4 N–H and O–H groups in total. The van der Waals surface area contributed by atoms with E-state index >= 15 is 0 Å². The van der Waals surface area contributed by atoms with E-state index in [9.17, 15) is 4.79 Å². The van der Waals surface area contributed by atoms with Crippen molar-refractivity contribution in [3.8, 4) is 0 Å². The minimum absolute atomic E-state index is 0.148. The normalized spacial score (nSPS) is 23.4. The van der Waals surface area contributed by atoms with Crippen molar-refractivity contribution >= 4 is 34.8 Å². The largest absolute Gasteiger partial charge is 0.370 e.